The number of carbonyl (C=O) groups is 2. The largest absolute Gasteiger partial charge is 0.453 e. The maximum absolute atomic E-state index is 13.6. The van der Waals surface area contributed by atoms with Crippen molar-refractivity contribution in [1.29, 1.82) is 0 Å². The molecule has 5 aliphatic carbocycles. The van der Waals surface area contributed by atoms with E-state index in [9.17, 15) is 9.59 Å². The lowest BCUT2D eigenvalue weighted by Gasteiger charge is -2.61. The van der Waals surface area contributed by atoms with Gasteiger partial charge in [0.05, 0.1) is 13.2 Å². The van der Waals surface area contributed by atoms with E-state index in [1.54, 1.807) is 4.90 Å². The third kappa shape index (κ3) is 3.10. The fourth-order valence-corrected chi connectivity index (χ4v) is 11.1. The van der Waals surface area contributed by atoms with Crippen molar-refractivity contribution in [2.24, 2.45) is 51.8 Å². The highest BCUT2D eigenvalue weighted by Crippen LogP contribution is 2.82. The molecule has 0 aromatic carbocycles. The van der Waals surface area contributed by atoms with Crippen molar-refractivity contribution in [2.45, 2.75) is 78.2 Å². The first kappa shape index (κ1) is 24.1. The second-order valence-electron chi connectivity index (χ2n) is 13.5. The van der Waals surface area contributed by atoms with Crippen molar-refractivity contribution in [2.75, 3.05) is 40.4 Å². The van der Waals surface area contributed by atoms with Gasteiger partial charge >= 0.3 is 6.09 Å². The highest BCUT2D eigenvalue weighted by atomic mass is 16.5. The van der Waals surface area contributed by atoms with E-state index >= 15 is 0 Å². The Balaban J connectivity index is 1.18. The van der Waals surface area contributed by atoms with Crippen LogP contribution in [0, 0.1) is 51.8 Å². The molecule has 35 heavy (non-hydrogen) atoms. The summed E-state index contributed by atoms with van der Waals surface area (Å²) in [4.78, 5) is 29.2. The number of piperazine rings is 1. The minimum absolute atomic E-state index is 0.0502. The highest BCUT2D eigenvalue weighted by molar-refractivity contribution is 5.79. The molecule has 10 atom stereocenters. The Labute approximate surface area is 211 Å². The zero-order chi connectivity index (χ0) is 24.8. The van der Waals surface area contributed by atoms with E-state index in [1.165, 1.54) is 58.5 Å². The second-order valence-corrected chi connectivity index (χ2v) is 13.5. The molecule has 0 N–H and O–H groups in total. The van der Waals surface area contributed by atoms with E-state index in [0.717, 1.165) is 23.7 Å². The van der Waals surface area contributed by atoms with Gasteiger partial charge < -0.3 is 19.3 Å². The normalized spacial score (nSPS) is 48.9. The van der Waals surface area contributed by atoms with E-state index in [2.05, 4.69) is 20.8 Å². The number of nitrogens with zero attached hydrogens (tertiary/aromatic N) is 2. The van der Waals surface area contributed by atoms with Gasteiger partial charge in [-0.2, -0.15) is 0 Å². The Bertz CT molecular complexity index is 886. The molecule has 6 aliphatic rings. The number of ether oxygens (including phenoxy) is 2. The van der Waals surface area contributed by atoms with Gasteiger partial charge in [0.15, 0.2) is 0 Å². The summed E-state index contributed by atoms with van der Waals surface area (Å²) in [5.74, 6) is 4.04. The fraction of sp³-hybridized carbons (Fsp3) is 0.931. The summed E-state index contributed by atoms with van der Waals surface area (Å²) in [6.07, 6.45) is 10.7. The van der Waals surface area contributed by atoms with Crippen molar-refractivity contribution < 1.29 is 19.1 Å². The van der Waals surface area contributed by atoms with Gasteiger partial charge in [0.2, 0.25) is 5.91 Å². The Morgan fingerprint density at radius 3 is 2.29 bits per heavy atom. The first-order valence-corrected chi connectivity index (χ1v) is 14.4. The average Bonchev–Trinajstić information content (AvgIpc) is 3.38. The summed E-state index contributed by atoms with van der Waals surface area (Å²) in [5, 5.41) is 0. The van der Waals surface area contributed by atoms with Crippen LogP contribution in [-0.4, -0.2) is 68.3 Å². The standard InChI is InChI=1S/C29H46N2O4/c1-18(25(32)30-12-14-31(15-13-30)26(33)35-5)21-6-7-22-20-16-24(34-4)29-17-19(29)8-11-28(29,3)23(20)9-10-27(21,22)2/h18-24H,6-17H2,1-5H3/t18?,19-,20+,21-,22+,23+,24-,27-,28-,29+/m1/s1. The van der Waals surface area contributed by atoms with E-state index in [-0.39, 0.29) is 17.4 Å². The van der Waals surface area contributed by atoms with Crippen LogP contribution in [0.4, 0.5) is 4.79 Å². The van der Waals surface area contributed by atoms with Crippen LogP contribution < -0.4 is 0 Å². The maximum Gasteiger partial charge on any atom is 0.409 e. The first-order valence-electron chi connectivity index (χ1n) is 14.4. The average molecular weight is 487 g/mol. The SMILES string of the molecule is COC(=O)N1CCN(C(=O)C(C)[C@H]2CC[C@H]3[C@@H]4C[C@@H](OC)[C@]56C[C@H]5CC[C@]6(C)[C@H]4CC[C@]23C)CC1. The molecule has 6 heteroatoms. The number of fused-ring (bicyclic) bond motifs is 4. The van der Waals surface area contributed by atoms with Crippen LogP contribution in [-0.2, 0) is 14.3 Å². The zero-order valence-corrected chi connectivity index (χ0v) is 22.6. The van der Waals surface area contributed by atoms with E-state index in [1.807, 2.05) is 12.0 Å². The van der Waals surface area contributed by atoms with Crippen LogP contribution in [0.5, 0.6) is 0 Å². The van der Waals surface area contributed by atoms with Crippen LogP contribution in [0.1, 0.15) is 72.1 Å². The molecular weight excluding hydrogens is 440 g/mol. The van der Waals surface area contributed by atoms with Gasteiger partial charge in [-0.15, -0.1) is 0 Å². The molecule has 6 rings (SSSR count). The molecule has 6 fully saturated rings. The summed E-state index contributed by atoms with van der Waals surface area (Å²) in [5.41, 5.74) is 1.19. The van der Waals surface area contributed by atoms with Crippen LogP contribution in [0.25, 0.3) is 0 Å². The molecular formula is C29H46N2O4. The van der Waals surface area contributed by atoms with Gasteiger partial charge in [0, 0.05) is 44.6 Å². The number of carbonyl (C=O) groups excluding carboxylic acids is 2. The third-order valence-corrected chi connectivity index (χ3v) is 12.9. The van der Waals surface area contributed by atoms with Gasteiger partial charge in [0.1, 0.15) is 0 Å². The quantitative estimate of drug-likeness (QED) is 0.574. The Morgan fingerprint density at radius 2 is 1.63 bits per heavy atom. The number of rotatable bonds is 3. The van der Waals surface area contributed by atoms with Crippen molar-refractivity contribution in [3.8, 4) is 0 Å². The van der Waals surface area contributed by atoms with Crippen LogP contribution in [0.3, 0.4) is 0 Å². The molecule has 1 unspecified atom stereocenters. The molecule has 0 bridgehead atoms. The maximum atomic E-state index is 13.6. The van der Waals surface area contributed by atoms with Crippen LogP contribution >= 0.6 is 0 Å². The first-order chi connectivity index (χ1) is 16.7. The number of hydrogen-bond donors (Lipinski definition) is 0. The lowest BCUT2D eigenvalue weighted by Crippen LogP contribution is -2.57. The van der Waals surface area contributed by atoms with Crippen molar-refractivity contribution >= 4 is 12.0 Å². The van der Waals surface area contributed by atoms with Gasteiger partial charge in [-0.05, 0) is 91.8 Å². The number of amides is 2. The number of hydrogen-bond acceptors (Lipinski definition) is 4. The summed E-state index contributed by atoms with van der Waals surface area (Å²) in [6, 6.07) is 0. The summed E-state index contributed by atoms with van der Waals surface area (Å²) >= 11 is 0. The zero-order valence-electron chi connectivity index (χ0n) is 22.6. The summed E-state index contributed by atoms with van der Waals surface area (Å²) in [6.45, 7) is 9.74. The minimum Gasteiger partial charge on any atom is -0.453 e. The molecule has 0 aromatic heterocycles. The Morgan fingerprint density at radius 1 is 0.914 bits per heavy atom. The van der Waals surface area contributed by atoms with Gasteiger partial charge in [-0.25, -0.2) is 4.79 Å². The third-order valence-electron chi connectivity index (χ3n) is 12.9. The lowest BCUT2D eigenvalue weighted by atomic mass is 9.45. The van der Waals surface area contributed by atoms with E-state index < -0.39 is 0 Å². The summed E-state index contributed by atoms with van der Waals surface area (Å²) < 4.78 is 11.1. The lowest BCUT2D eigenvalue weighted by molar-refractivity contribution is -0.163. The predicted octanol–water partition coefficient (Wildman–Crippen LogP) is 4.82. The molecule has 1 heterocycles. The molecule has 1 spiro atoms. The van der Waals surface area contributed by atoms with Gasteiger partial charge in [-0.3, -0.25) is 4.79 Å². The minimum atomic E-state index is -0.287. The highest BCUT2D eigenvalue weighted by Gasteiger charge is 2.77. The second kappa shape index (κ2) is 8.10. The van der Waals surface area contributed by atoms with E-state index in [0.29, 0.717) is 54.9 Å². The molecule has 0 aromatic rings. The molecule has 2 amide bonds. The van der Waals surface area contributed by atoms with Gasteiger partial charge in [0.25, 0.3) is 0 Å². The Kier molecular flexibility index (Phi) is 5.57. The number of methoxy groups -OCH3 is 2. The molecule has 6 nitrogen and oxygen atoms in total. The predicted molar refractivity (Wildman–Crippen MR) is 134 cm³/mol. The molecule has 5 saturated carbocycles. The monoisotopic (exact) mass is 486 g/mol. The van der Waals surface area contributed by atoms with Crippen molar-refractivity contribution in [3.63, 3.8) is 0 Å². The topological polar surface area (TPSA) is 59.1 Å². The van der Waals surface area contributed by atoms with Crippen molar-refractivity contribution in [1.82, 2.24) is 9.80 Å². The smallest absolute Gasteiger partial charge is 0.409 e. The van der Waals surface area contributed by atoms with Crippen LogP contribution in [0.2, 0.25) is 0 Å². The molecule has 0 radical (unpaired) electrons. The Hall–Kier alpha value is -1.30. The van der Waals surface area contributed by atoms with Crippen LogP contribution in [0.15, 0.2) is 0 Å². The van der Waals surface area contributed by atoms with Gasteiger partial charge in [-0.1, -0.05) is 20.8 Å². The molecule has 196 valence electrons. The van der Waals surface area contributed by atoms with E-state index in [4.69, 9.17) is 9.47 Å². The molecule has 1 saturated heterocycles. The van der Waals surface area contributed by atoms with Crippen molar-refractivity contribution in [3.05, 3.63) is 0 Å². The molecule has 1 aliphatic heterocycles. The fourth-order valence-electron chi connectivity index (χ4n) is 11.1. The summed E-state index contributed by atoms with van der Waals surface area (Å²) in [7, 11) is 3.39.